The molecule has 142 valence electrons. The predicted octanol–water partition coefficient (Wildman–Crippen LogP) is 4.87. The van der Waals surface area contributed by atoms with Crippen molar-refractivity contribution < 1.29 is 9.48 Å². The number of hydrogen-bond donors (Lipinski definition) is 0. The molecule has 0 unspecified atom stereocenters. The summed E-state index contributed by atoms with van der Waals surface area (Å²) in [7, 11) is 26.8. The molecule has 0 aliphatic carbocycles. The third-order valence-corrected chi connectivity index (χ3v) is 2.68. The molecule has 2 aromatic rings. The van der Waals surface area contributed by atoms with E-state index in [-0.39, 0.29) is 18.2 Å². The molecule has 5 nitrogen and oxygen atoms in total. The van der Waals surface area contributed by atoms with Gasteiger partial charge in [0.25, 0.3) is 0 Å². The number of halogens is 6. The van der Waals surface area contributed by atoms with Gasteiger partial charge in [0.15, 0.2) is 6.54 Å². The number of hydrogen-bond acceptors (Lipinski definition) is 3. The number of ketones is 1. The van der Waals surface area contributed by atoms with Gasteiger partial charge in [0.1, 0.15) is 0 Å². The van der Waals surface area contributed by atoms with Crippen molar-refractivity contribution in [2.45, 2.75) is 26.3 Å². The Morgan fingerprint density at radius 3 is 2.00 bits per heavy atom. The first-order valence-electron chi connectivity index (χ1n) is 6.99. The van der Waals surface area contributed by atoms with Crippen LogP contribution in [0.4, 0.5) is 0 Å². The van der Waals surface area contributed by atoms with E-state index in [4.69, 9.17) is 53.0 Å². The van der Waals surface area contributed by atoms with E-state index in [1.54, 1.807) is 16.8 Å². The number of nitrogens with zero attached hydrogens (tertiary/aromatic N) is 4. The third-order valence-electron chi connectivity index (χ3n) is 2.68. The molecule has 0 radical (unpaired) electrons. The number of tetrazole rings is 1. The molecule has 1 aromatic heterocycles. The van der Waals surface area contributed by atoms with Crippen LogP contribution < -0.4 is 4.68 Å². The number of rotatable bonds is 4. The molecule has 0 saturated carbocycles. The molecule has 25 heavy (non-hydrogen) atoms. The molecule has 0 atom stereocenters. The van der Waals surface area contributed by atoms with Gasteiger partial charge in [-0.15, -0.1) is 4.68 Å². The Balaban J connectivity index is 0.000000381. The molecular weight excluding hydrogens is 563 g/mol. The van der Waals surface area contributed by atoms with E-state index in [0.717, 1.165) is 5.82 Å². The Morgan fingerprint density at radius 2 is 1.60 bits per heavy atom. The van der Waals surface area contributed by atoms with Crippen LogP contribution in [-0.2, 0) is 13.6 Å². The molecule has 0 saturated heterocycles. The summed E-state index contributed by atoms with van der Waals surface area (Å²) < 4.78 is 1.71. The molecule has 0 N–H and O–H groups in total. The van der Waals surface area contributed by atoms with E-state index in [2.05, 4.69) is 10.3 Å². The summed E-state index contributed by atoms with van der Waals surface area (Å²) in [5.41, 5.74) is 0.684. The molecule has 2 rings (SSSR count). The second kappa shape index (κ2) is 7.87. The zero-order valence-corrected chi connectivity index (χ0v) is 20.7. The second-order valence-corrected chi connectivity index (χ2v) is 62.4. The molecular formula is C13H17Cl6N4OSb. The molecule has 12 heteroatoms. The maximum absolute atomic E-state index is 12.0. The number of benzene rings is 1. The zero-order valence-electron chi connectivity index (χ0n) is 13.6. The molecule has 0 fully saturated rings. The fourth-order valence-corrected chi connectivity index (χ4v) is 1.80. The number of aromatic nitrogens is 4. The van der Waals surface area contributed by atoms with Crippen molar-refractivity contribution in [3.63, 3.8) is 0 Å². The topological polar surface area (TPSA) is 51.7 Å². The Morgan fingerprint density at radius 1 is 1.12 bits per heavy atom. The molecule has 0 aliphatic rings. The third kappa shape index (κ3) is 11.8. The van der Waals surface area contributed by atoms with Gasteiger partial charge in [-0.2, -0.15) is 0 Å². The monoisotopic (exact) mass is 576 g/mol. The summed E-state index contributed by atoms with van der Waals surface area (Å²) in [4.78, 5) is 13.4. The van der Waals surface area contributed by atoms with Crippen LogP contribution in [0.25, 0.3) is 0 Å². The van der Waals surface area contributed by atoms with Crippen LogP contribution in [0.1, 0.15) is 35.9 Å². The van der Waals surface area contributed by atoms with Crippen molar-refractivity contribution in [3.8, 4) is 0 Å². The number of carbonyl (C=O) groups excluding carboxylic acids is 1. The number of carbonyl (C=O) groups is 1. The van der Waals surface area contributed by atoms with E-state index in [9.17, 15) is 4.79 Å². The summed E-state index contributed by atoms with van der Waals surface area (Å²) in [5.74, 6) is 1.17. The van der Waals surface area contributed by atoms with E-state index in [0.29, 0.717) is 5.56 Å². The van der Waals surface area contributed by atoms with Crippen LogP contribution in [0.3, 0.4) is 0 Å². The van der Waals surface area contributed by atoms with Gasteiger partial charge in [-0.3, -0.25) is 4.79 Å². The van der Waals surface area contributed by atoms with Crippen molar-refractivity contribution in [1.82, 2.24) is 15.1 Å². The SMILES string of the molecule is CC(C)c1nn(CC(=O)c2ccccc2)n[n+]1C.[Cl][Sb-]([Cl])([Cl])([Cl])([Cl])[Cl]. The van der Waals surface area contributed by atoms with Gasteiger partial charge in [0, 0.05) is 11.5 Å². The Kier molecular flexibility index (Phi) is 7.41. The average molecular weight is 580 g/mol. The van der Waals surface area contributed by atoms with Gasteiger partial charge in [-0.25, -0.2) is 0 Å². The maximum atomic E-state index is 12.0. The summed E-state index contributed by atoms with van der Waals surface area (Å²) in [6, 6.07) is 9.19. The van der Waals surface area contributed by atoms with Crippen molar-refractivity contribution in [2.75, 3.05) is 0 Å². The average Bonchev–Trinajstić information content (AvgIpc) is 2.77. The van der Waals surface area contributed by atoms with E-state index >= 15 is 0 Å². The van der Waals surface area contributed by atoms with Gasteiger partial charge >= 0.3 is 67.9 Å². The molecule has 0 bridgehead atoms. The molecule has 0 aliphatic heterocycles. The number of Topliss-reactive ketones (excluding diaryl/α,β-unsaturated/α-hetero) is 1. The van der Waals surface area contributed by atoms with E-state index < -0.39 is 9.14 Å². The normalized spacial score (nSPS) is 14.3. The van der Waals surface area contributed by atoms with Crippen LogP contribution in [0.5, 0.6) is 0 Å². The Hall–Kier alpha value is 0.518. The standard InChI is InChI=1S/C13H17N4O.6ClH.Sb/c1-10(2)13-14-17(15-16(13)3)9-12(18)11-7-5-4-6-8-11;;;;;;;/h4-8,10H,9H2,1-3H3;6*1H;/q+1;;;;;;;+5/p-6. The van der Waals surface area contributed by atoms with E-state index in [1.165, 1.54) is 4.80 Å². The molecule has 1 aromatic carbocycles. The van der Waals surface area contributed by atoms with Crippen LogP contribution in [0.15, 0.2) is 30.3 Å². The van der Waals surface area contributed by atoms with Gasteiger partial charge in [0.05, 0.1) is 17.4 Å². The van der Waals surface area contributed by atoms with Crippen molar-refractivity contribution in [1.29, 1.82) is 0 Å². The van der Waals surface area contributed by atoms with E-state index in [1.807, 2.05) is 39.1 Å². The van der Waals surface area contributed by atoms with Crippen molar-refractivity contribution in [2.24, 2.45) is 7.05 Å². The van der Waals surface area contributed by atoms with Crippen LogP contribution in [0, 0.1) is 0 Å². The first kappa shape index (κ1) is 23.6. The van der Waals surface area contributed by atoms with Crippen molar-refractivity contribution in [3.05, 3.63) is 41.7 Å². The molecule has 0 spiro atoms. The first-order chi connectivity index (χ1) is 11.0. The number of aryl methyl sites for hydroxylation is 1. The zero-order chi connectivity index (χ0) is 19.5. The predicted molar refractivity (Wildman–Crippen MR) is 107 cm³/mol. The summed E-state index contributed by atoms with van der Waals surface area (Å²) in [6.07, 6.45) is 0. The molecule has 1 heterocycles. The second-order valence-electron chi connectivity index (χ2n) is 5.50. The summed E-state index contributed by atoms with van der Waals surface area (Å²) in [6.45, 7) is 4.27. The van der Waals surface area contributed by atoms with Crippen LogP contribution in [0.2, 0.25) is 0 Å². The summed E-state index contributed by atoms with van der Waals surface area (Å²) in [5, 5.41) is 8.52. The Bertz CT molecular complexity index is 731. The van der Waals surface area contributed by atoms with Gasteiger partial charge in [-0.05, 0) is 4.80 Å². The van der Waals surface area contributed by atoms with Gasteiger partial charge in [-0.1, -0.05) is 44.2 Å². The minimum absolute atomic E-state index is 0.0153. The summed E-state index contributed by atoms with van der Waals surface area (Å²) >= 11 is 0. The quantitative estimate of drug-likeness (QED) is 0.295. The Labute approximate surface area is 166 Å². The van der Waals surface area contributed by atoms with Gasteiger partial charge in [0.2, 0.25) is 5.78 Å². The fourth-order valence-electron chi connectivity index (χ4n) is 1.80. The van der Waals surface area contributed by atoms with Crippen molar-refractivity contribution >= 4 is 67.9 Å². The first-order valence-corrected chi connectivity index (χ1v) is 26.4. The van der Waals surface area contributed by atoms with Crippen LogP contribution >= 0.6 is 53.0 Å². The van der Waals surface area contributed by atoms with Crippen LogP contribution in [-0.4, -0.2) is 30.0 Å². The molecule has 0 amide bonds. The fraction of sp³-hybridized carbons (Fsp3) is 0.385. The van der Waals surface area contributed by atoms with Gasteiger partial charge < -0.3 is 0 Å². The minimum atomic E-state index is -5.42.